The highest BCUT2D eigenvalue weighted by atomic mass is 16.3. The lowest BCUT2D eigenvalue weighted by Gasteiger charge is -2.57. The summed E-state index contributed by atoms with van der Waals surface area (Å²) in [7, 11) is 0. The third-order valence-corrected chi connectivity index (χ3v) is 7.83. The summed E-state index contributed by atoms with van der Waals surface area (Å²) in [5, 5.41) is 20.4. The van der Waals surface area contributed by atoms with Gasteiger partial charge < -0.3 is 10.2 Å². The Morgan fingerprint density at radius 3 is 2.68 bits per heavy atom. The average Bonchev–Trinajstić information content (AvgIpc) is 2.87. The molecular weight excluding hydrogens is 276 g/mol. The summed E-state index contributed by atoms with van der Waals surface area (Å²) in [6, 6.07) is 0. The number of carbonyl (C=O) groups is 1. The summed E-state index contributed by atoms with van der Waals surface area (Å²) in [6.45, 7) is 4.49. The van der Waals surface area contributed by atoms with E-state index < -0.39 is 17.6 Å². The topological polar surface area (TPSA) is 57.5 Å². The molecule has 3 saturated carbocycles. The Kier molecular flexibility index (Phi) is 3.16. The van der Waals surface area contributed by atoms with E-state index in [9.17, 15) is 15.0 Å². The summed E-state index contributed by atoms with van der Waals surface area (Å²) in [4.78, 5) is 12.8. The molecule has 3 heteroatoms. The van der Waals surface area contributed by atoms with Gasteiger partial charge in [-0.25, -0.2) is 0 Å². The second-order valence-corrected chi connectivity index (χ2v) is 8.70. The maximum Gasteiger partial charge on any atom is 0.145 e. The molecule has 0 aromatic rings. The van der Waals surface area contributed by atoms with E-state index in [1.54, 1.807) is 0 Å². The first-order valence-electron chi connectivity index (χ1n) is 8.98. The fraction of sp³-hybridized carbons (Fsp3) is 0.842. The highest BCUT2D eigenvalue weighted by Gasteiger charge is 2.60. The second kappa shape index (κ2) is 4.67. The SMILES string of the molecule is C[C@@]12CCC[C@H]1[C@@H]1CC=C3C(O)C(O)CC(=O)[C@]3(C)[C@@H]1CC2. The maximum atomic E-state index is 12.8. The summed E-state index contributed by atoms with van der Waals surface area (Å²) in [6.07, 6.45) is 7.72. The van der Waals surface area contributed by atoms with E-state index in [2.05, 4.69) is 13.0 Å². The lowest BCUT2D eigenvalue weighted by atomic mass is 9.47. The van der Waals surface area contributed by atoms with E-state index >= 15 is 0 Å². The normalized spacial score (nSPS) is 54.3. The molecule has 22 heavy (non-hydrogen) atoms. The van der Waals surface area contributed by atoms with E-state index in [4.69, 9.17) is 0 Å². The monoisotopic (exact) mass is 304 g/mol. The van der Waals surface area contributed by atoms with Gasteiger partial charge in [-0.1, -0.05) is 19.4 Å². The van der Waals surface area contributed by atoms with Crippen LogP contribution in [0.5, 0.6) is 0 Å². The van der Waals surface area contributed by atoms with Crippen molar-refractivity contribution in [1.29, 1.82) is 0 Å². The van der Waals surface area contributed by atoms with Gasteiger partial charge in [0.15, 0.2) is 0 Å². The van der Waals surface area contributed by atoms with Gasteiger partial charge in [0.05, 0.1) is 11.5 Å². The van der Waals surface area contributed by atoms with E-state index in [1.807, 2.05) is 6.92 Å². The van der Waals surface area contributed by atoms with Gasteiger partial charge in [0, 0.05) is 6.42 Å². The van der Waals surface area contributed by atoms with Gasteiger partial charge in [-0.15, -0.1) is 0 Å². The van der Waals surface area contributed by atoms with Crippen molar-refractivity contribution in [3.8, 4) is 0 Å². The van der Waals surface area contributed by atoms with E-state index in [0.29, 0.717) is 17.3 Å². The molecule has 4 aliphatic rings. The predicted molar refractivity (Wildman–Crippen MR) is 84.1 cm³/mol. The zero-order valence-corrected chi connectivity index (χ0v) is 13.7. The smallest absolute Gasteiger partial charge is 0.145 e. The van der Waals surface area contributed by atoms with Gasteiger partial charge >= 0.3 is 0 Å². The van der Waals surface area contributed by atoms with Gasteiger partial charge in [0.2, 0.25) is 0 Å². The highest BCUT2D eigenvalue weighted by Crippen LogP contribution is 2.64. The van der Waals surface area contributed by atoms with E-state index in [-0.39, 0.29) is 12.2 Å². The van der Waals surface area contributed by atoms with Crippen molar-refractivity contribution >= 4 is 5.78 Å². The molecule has 0 radical (unpaired) electrons. The van der Waals surface area contributed by atoms with Crippen LogP contribution in [0.25, 0.3) is 0 Å². The van der Waals surface area contributed by atoms with E-state index in [0.717, 1.165) is 24.3 Å². The highest BCUT2D eigenvalue weighted by molar-refractivity contribution is 5.90. The maximum absolute atomic E-state index is 12.8. The van der Waals surface area contributed by atoms with Crippen LogP contribution in [-0.2, 0) is 4.79 Å². The molecule has 2 N–H and O–H groups in total. The molecule has 0 amide bonds. The van der Waals surface area contributed by atoms with Crippen molar-refractivity contribution in [1.82, 2.24) is 0 Å². The minimum absolute atomic E-state index is 0.111. The molecule has 0 aromatic carbocycles. The summed E-state index contributed by atoms with van der Waals surface area (Å²) >= 11 is 0. The van der Waals surface area contributed by atoms with Crippen molar-refractivity contribution in [2.45, 2.75) is 71.0 Å². The number of allylic oxidation sites excluding steroid dienone is 1. The molecule has 0 saturated heterocycles. The summed E-state index contributed by atoms with van der Waals surface area (Å²) in [5.41, 5.74) is 0.753. The van der Waals surface area contributed by atoms with Crippen LogP contribution in [0.4, 0.5) is 0 Å². The number of aliphatic hydroxyl groups excluding tert-OH is 2. The largest absolute Gasteiger partial charge is 0.390 e. The first-order valence-corrected chi connectivity index (χ1v) is 8.98. The Balaban J connectivity index is 1.76. The third-order valence-electron chi connectivity index (χ3n) is 7.83. The van der Waals surface area contributed by atoms with Crippen LogP contribution < -0.4 is 0 Å². The zero-order chi connectivity index (χ0) is 15.7. The fourth-order valence-corrected chi connectivity index (χ4v) is 6.53. The number of hydrogen-bond acceptors (Lipinski definition) is 3. The number of hydrogen-bond donors (Lipinski definition) is 2. The number of rotatable bonds is 0. The summed E-state index contributed by atoms with van der Waals surface area (Å²) < 4.78 is 0. The fourth-order valence-electron chi connectivity index (χ4n) is 6.53. The molecule has 122 valence electrons. The number of fused-ring (bicyclic) bond motifs is 5. The van der Waals surface area contributed by atoms with Crippen molar-refractivity contribution in [3.63, 3.8) is 0 Å². The molecule has 0 aromatic heterocycles. The Bertz CT molecular complexity index is 539. The Morgan fingerprint density at radius 1 is 1.14 bits per heavy atom. The molecule has 4 rings (SSSR count). The second-order valence-electron chi connectivity index (χ2n) is 8.70. The van der Waals surface area contributed by atoms with Crippen LogP contribution in [-0.4, -0.2) is 28.2 Å². The Labute approximate surface area is 132 Å². The number of ketones is 1. The van der Waals surface area contributed by atoms with Gasteiger partial charge in [-0.2, -0.15) is 0 Å². The summed E-state index contributed by atoms with van der Waals surface area (Å²) in [5.74, 6) is 1.82. The minimum atomic E-state index is -0.913. The van der Waals surface area contributed by atoms with Gasteiger partial charge in [-0.05, 0) is 67.8 Å². The van der Waals surface area contributed by atoms with Crippen LogP contribution in [0.15, 0.2) is 11.6 Å². The molecule has 4 aliphatic carbocycles. The molecule has 7 atom stereocenters. The molecule has 0 heterocycles. The third kappa shape index (κ3) is 1.73. The van der Waals surface area contributed by atoms with Crippen molar-refractivity contribution in [2.24, 2.45) is 28.6 Å². The van der Waals surface area contributed by atoms with Gasteiger partial charge in [0.1, 0.15) is 11.9 Å². The van der Waals surface area contributed by atoms with Crippen molar-refractivity contribution in [2.75, 3.05) is 0 Å². The first kappa shape index (κ1) is 14.9. The molecule has 3 fully saturated rings. The van der Waals surface area contributed by atoms with Gasteiger partial charge in [0.25, 0.3) is 0 Å². The lowest BCUT2D eigenvalue weighted by Crippen LogP contribution is -2.57. The lowest BCUT2D eigenvalue weighted by molar-refractivity contribution is -0.145. The van der Waals surface area contributed by atoms with Crippen LogP contribution in [0.3, 0.4) is 0 Å². The molecule has 0 aliphatic heterocycles. The number of Topliss-reactive ketones (excluding diaryl/α,β-unsaturated/α-hetero) is 1. The molecule has 0 bridgehead atoms. The van der Waals surface area contributed by atoms with Crippen LogP contribution in [0, 0.1) is 28.6 Å². The zero-order valence-electron chi connectivity index (χ0n) is 13.7. The molecule has 0 spiro atoms. The molecule has 3 nitrogen and oxygen atoms in total. The first-order chi connectivity index (χ1) is 10.4. The van der Waals surface area contributed by atoms with Crippen LogP contribution >= 0.6 is 0 Å². The van der Waals surface area contributed by atoms with Crippen LogP contribution in [0.2, 0.25) is 0 Å². The number of carbonyl (C=O) groups excluding carboxylic acids is 1. The van der Waals surface area contributed by atoms with Crippen molar-refractivity contribution < 1.29 is 15.0 Å². The van der Waals surface area contributed by atoms with E-state index in [1.165, 1.54) is 25.7 Å². The average molecular weight is 304 g/mol. The van der Waals surface area contributed by atoms with Gasteiger partial charge in [-0.3, -0.25) is 4.79 Å². The van der Waals surface area contributed by atoms with Crippen LogP contribution in [0.1, 0.15) is 58.8 Å². The molecular formula is C19H28O3. The minimum Gasteiger partial charge on any atom is -0.390 e. The number of aliphatic hydroxyl groups is 2. The van der Waals surface area contributed by atoms with Crippen molar-refractivity contribution in [3.05, 3.63) is 11.6 Å². The Hall–Kier alpha value is -0.670. The standard InChI is InChI=1S/C19H28O3/c1-18-8-3-4-12(18)11-5-6-14-17(22)15(20)10-16(21)19(14,2)13(11)7-9-18/h6,11-13,15,17,20,22H,3-5,7-10H2,1-2H3/t11-,12-,13+,15?,17?,18-,19+/m0/s1. The Morgan fingerprint density at radius 2 is 1.91 bits per heavy atom. The quantitative estimate of drug-likeness (QED) is 0.677. The molecule has 2 unspecified atom stereocenters. The predicted octanol–water partition coefficient (Wildman–Crippen LogP) is 2.85.